The first-order valence-corrected chi connectivity index (χ1v) is 5.40. The van der Waals surface area contributed by atoms with Crippen molar-refractivity contribution in [2.45, 2.75) is 18.9 Å². The molecule has 0 fully saturated rings. The van der Waals surface area contributed by atoms with Gasteiger partial charge in [-0.05, 0) is 12.1 Å². The molecule has 2 heterocycles. The maximum Gasteiger partial charge on any atom is 0.313 e. The summed E-state index contributed by atoms with van der Waals surface area (Å²) in [6, 6.07) is 3.50. The molecule has 0 radical (unpaired) electrons. The number of aromatic nitrogens is 2. The zero-order valence-corrected chi connectivity index (χ0v) is 9.94. The molecule has 2 aromatic heterocycles. The molecule has 0 aliphatic heterocycles. The van der Waals surface area contributed by atoms with Gasteiger partial charge in [-0.2, -0.15) is 0 Å². The lowest BCUT2D eigenvalue weighted by Gasteiger charge is -2.07. The molecule has 0 unspecified atom stereocenters. The average molecular weight is 236 g/mol. The predicted octanol–water partition coefficient (Wildman–Crippen LogP) is 2.18. The fraction of sp³-hybridized carbons (Fsp3) is 0.273. The second-order valence-corrected chi connectivity index (χ2v) is 4.24. The van der Waals surface area contributed by atoms with Crippen LogP contribution < -0.4 is 4.74 Å². The van der Waals surface area contributed by atoms with Gasteiger partial charge in [0, 0.05) is 0 Å². The van der Waals surface area contributed by atoms with Crippen LogP contribution in [0.5, 0.6) is 5.75 Å². The van der Waals surface area contributed by atoms with Gasteiger partial charge < -0.3 is 4.74 Å². The summed E-state index contributed by atoms with van der Waals surface area (Å²) >= 11 is 4.24. The second-order valence-electron chi connectivity index (χ2n) is 3.79. The minimum Gasteiger partial charge on any atom is -0.425 e. The van der Waals surface area contributed by atoms with E-state index < -0.39 is 0 Å². The predicted molar refractivity (Wildman–Crippen MR) is 62.9 cm³/mol. The molecule has 0 bridgehead atoms. The van der Waals surface area contributed by atoms with Crippen molar-refractivity contribution in [2.75, 3.05) is 0 Å². The number of hydrogen-bond acceptors (Lipinski definition) is 4. The van der Waals surface area contributed by atoms with Crippen LogP contribution in [0.15, 0.2) is 29.6 Å². The summed E-state index contributed by atoms with van der Waals surface area (Å²) in [4.78, 5) is 15.5. The maximum atomic E-state index is 11.4. The van der Waals surface area contributed by atoms with E-state index in [1.165, 1.54) is 0 Å². The lowest BCUT2D eigenvalue weighted by Crippen LogP contribution is -2.14. The summed E-state index contributed by atoms with van der Waals surface area (Å²) in [5.41, 5.74) is 0.773. The van der Waals surface area contributed by atoms with Gasteiger partial charge in [0.15, 0.2) is 0 Å². The first-order valence-electron chi connectivity index (χ1n) is 4.95. The molecule has 4 nitrogen and oxygen atoms in total. The van der Waals surface area contributed by atoms with Gasteiger partial charge in [-0.1, -0.05) is 13.8 Å². The third kappa shape index (κ3) is 2.04. The number of esters is 1. The Labute approximate surface area is 98.7 Å². The third-order valence-electron chi connectivity index (χ3n) is 2.15. The Morgan fingerprint density at radius 3 is 2.94 bits per heavy atom. The lowest BCUT2D eigenvalue weighted by molar-refractivity contribution is -0.137. The minimum atomic E-state index is -0.250. The van der Waals surface area contributed by atoms with Crippen LogP contribution >= 0.6 is 12.6 Å². The van der Waals surface area contributed by atoms with Crippen LogP contribution in [-0.4, -0.2) is 15.4 Å². The molecule has 0 N–H and O–H groups in total. The highest BCUT2D eigenvalue weighted by Crippen LogP contribution is 2.17. The Balaban J connectivity index is 2.32. The van der Waals surface area contributed by atoms with Gasteiger partial charge in [-0.3, -0.25) is 9.20 Å². The number of carbonyl (C=O) groups is 1. The number of pyridine rings is 1. The molecular formula is C11H12N2O2S. The normalized spacial score (nSPS) is 11.0. The van der Waals surface area contributed by atoms with E-state index in [0.29, 0.717) is 10.8 Å². The van der Waals surface area contributed by atoms with Gasteiger partial charge in [-0.25, -0.2) is 4.98 Å². The van der Waals surface area contributed by atoms with Crippen LogP contribution in [0, 0.1) is 5.92 Å². The van der Waals surface area contributed by atoms with E-state index >= 15 is 0 Å². The van der Waals surface area contributed by atoms with Crippen molar-refractivity contribution in [1.82, 2.24) is 9.38 Å². The quantitative estimate of drug-likeness (QED) is 0.642. The first kappa shape index (κ1) is 11.0. The molecule has 0 amide bonds. The van der Waals surface area contributed by atoms with E-state index in [9.17, 15) is 4.79 Å². The number of rotatable bonds is 2. The molecular weight excluding hydrogens is 224 g/mol. The van der Waals surface area contributed by atoms with Crippen LogP contribution in [0.25, 0.3) is 5.65 Å². The number of imidazole rings is 1. The first-order chi connectivity index (χ1) is 7.58. The van der Waals surface area contributed by atoms with Crippen LogP contribution in [0.3, 0.4) is 0 Å². The average Bonchev–Trinajstić information content (AvgIpc) is 2.60. The Morgan fingerprint density at radius 2 is 2.25 bits per heavy atom. The summed E-state index contributed by atoms with van der Waals surface area (Å²) in [7, 11) is 0. The van der Waals surface area contributed by atoms with Gasteiger partial charge in [0.25, 0.3) is 0 Å². The van der Waals surface area contributed by atoms with E-state index in [0.717, 1.165) is 5.65 Å². The molecule has 2 rings (SSSR count). The highest BCUT2D eigenvalue weighted by molar-refractivity contribution is 7.80. The third-order valence-corrected chi connectivity index (χ3v) is 2.48. The molecule has 0 saturated heterocycles. The number of ether oxygens (including phenoxy) is 1. The van der Waals surface area contributed by atoms with Gasteiger partial charge in [-0.15, -0.1) is 12.6 Å². The molecule has 2 aromatic rings. The molecule has 0 spiro atoms. The summed E-state index contributed by atoms with van der Waals surface area (Å²) < 4.78 is 6.94. The van der Waals surface area contributed by atoms with E-state index in [2.05, 4.69) is 17.6 Å². The van der Waals surface area contributed by atoms with Crippen molar-refractivity contribution in [3.8, 4) is 5.75 Å². The van der Waals surface area contributed by atoms with Crippen molar-refractivity contribution in [2.24, 2.45) is 5.92 Å². The number of carbonyl (C=O) groups excluding carboxylic acids is 1. The molecule has 0 aromatic carbocycles. The van der Waals surface area contributed by atoms with Crippen molar-refractivity contribution in [1.29, 1.82) is 0 Å². The summed E-state index contributed by atoms with van der Waals surface area (Å²) in [6.45, 7) is 3.59. The largest absolute Gasteiger partial charge is 0.425 e. The topological polar surface area (TPSA) is 43.6 Å². The Hall–Kier alpha value is -1.49. The zero-order chi connectivity index (χ0) is 11.7. The molecule has 0 aliphatic rings. The lowest BCUT2D eigenvalue weighted by atomic mass is 10.2. The Kier molecular flexibility index (Phi) is 2.87. The summed E-state index contributed by atoms with van der Waals surface area (Å²) in [5.74, 6) is 0.105. The Morgan fingerprint density at radius 1 is 1.50 bits per heavy atom. The fourth-order valence-corrected chi connectivity index (χ4v) is 1.46. The Bertz CT molecular complexity index is 534. The highest BCUT2D eigenvalue weighted by atomic mass is 32.1. The van der Waals surface area contributed by atoms with Gasteiger partial charge in [0.05, 0.1) is 23.3 Å². The number of nitrogens with zero attached hydrogens (tertiary/aromatic N) is 2. The van der Waals surface area contributed by atoms with Crippen LogP contribution in [0.4, 0.5) is 0 Å². The van der Waals surface area contributed by atoms with E-state index in [1.807, 2.05) is 0 Å². The van der Waals surface area contributed by atoms with E-state index in [-0.39, 0.29) is 11.9 Å². The SMILES string of the molecule is CC(C)C(=O)Oc1ccc2ncc(S)n2c1. The molecule has 0 saturated carbocycles. The maximum absolute atomic E-state index is 11.4. The standard InChI is InChI=1S/C11H12N2O2S/c1-7(2)11(14)15-8-3-4-9-12-5-10(16)13(9)6-8/h3-7,16H,1-2H3. The number of fused-ring (bicyclic) bond motifs is 1. The fourth-order valence-electron chi connectivity index (χ4n) is 1.24. The van der Waals surface area contributed by atoms with E-state index in [4.69, 9.17) is 4.74 Å². The van der Waals surface area contributed by atoms with Gasteiger partial charge >= 0.3 is 5.97 Å². The van der Waals surface area contributed by atoms with Crippen molar-refractivity contribution in [3.63, 3.8) is 0 Å². The molecule has 5 heteroatoms. The highest BCUT2D eigenvalue weighted by Gasteiger charge is 2.10. The molecule has 16 heavy (non-hydrogen) atoms. The van der Waals surface area contributed by atoms with Crippen LogP contribution in [0.2, 0.25) is 0 Å². The van der Waals surface area contributed by atoms with Gasteiger partial charge in [0.2, 0.25) is 0 Å². The monoisotopic (exact) mass is 236 g/mol. The minimum absolute atomic E-state index is 0.144. The van der Waals surface area contributed by atoms with Crippen LogP contribution in [0.1, 0.15) is 13.8 Å². The zero-order valence-electron chi connectivity index (χ0n) is 9.04. The molecule has 84 valence electrons. The van der Waals surface area contributed by atoms with E-state index in [1.54, 1.807) is 42.8 Å². The van der Waals surface area contributed by atoms with Crippen molar-refractivity contribution in [3.05, 3.63) is 24.5 Å². The molecule has 0 aliphatic carbocycles. The van der Waals surface area contributed by atoms with Crippen molar-refractivity contribution < 1.29 is 9.53 Å². The smallest absolute Gasteiger partial charge is 0.313 e. The van der Waals surface area contributed by atoms with Crippen LogP contribution in [-0.2, 0) is 4.79 Å². The van der Waals surface area contributed by atoms with Crippen molar-refractivity contribution >= 4 is 24.2 Å². The number of hydrogen-bond donors (Lipinski definition) is 1. The second kappa shape index (κ2) is 4.17. The molecule has 0 atom stereocenters. The van der Waals surface area contributed by atoms with Gasteiger partial charge in [0.1, 0.15) is 11.4 Å². The summed E-state index contributed by atoms with van der Waals surface area (Å²) in [5, 5.41) is 0.706. The number of thiol groups is 1. The summed E-state index contributed by atoms with van der Waals surface area (Å²) in [6.07, 6.45) is 3.34.